The zero-order chi connectivity index (χ0) is 11.0. The van der Waals surface area contributed by atoms with Crippen molar-refractivity contribution in [1.82, 2.24) is 0 Å². The summed E-state index contributed by atoms with van der Waals surface area (Å²) in [5.74, 6) is 0.561. The van der Waals surface area contributed by atoms with Crippen LogP contribution in [0, 0.1) is 5.92 Å². The largest absolute Gasteiger partial charge is 0.397 e. The molecule has 2 N–H and O–H groups in total. The molecule has 0 aliphatic heterocycles. The molecule has 0 aromatic carbocycles. The fourth-order valence-electron chi connectivity index (χ4n) is 1.25. The van der Waals surface area contributed by atoms with E-state index in [1.54, 1.807) is 0 Å². The molecular formula is C10H25NO2Si. The van der Waals surface area contributed by atoms with Gasteiger partial charge in [0.15, 0.2) is 0 Å². The van der Waals surface area contributed by atoms with E-state index in [2.05, 4.69) is 13.8 Å². The van der Waals surface area contributed by atoms with E-state index in [-0.39, 0.29) is 6.04 Å². The molecule has 0 saturated heterocycles. The van der Waals surface area contributed by atoms with Crippen LogP contribution in [0.5, 0.6) is 0 Å². The second kappa shape index (κ2) is 8.41. The first kappa shape index (κ1) is 14.1. The lowest BCUT2D eigenvalue weighted by atomic mass is 10.0. The van der Waals surface area contributed by atoms with Gasteiger partial charge in [-0.15, -0.1) is 0 Å². The summed E-state index contributed by atoms with van der Waals surface area (Å²) in [4.78, 5) is 0. The molecule has 0 fully saturated rings. The van der Waals surface area contributed by atoms with Gasteiger partial charge in [-0.05, 0) is 39.2 Å². The smallest absolute Gasteiger partial charge is 0.321 e. The second-order valence-corrected chi connectivity index (χ2v) is 5.86. The monoisotopic (exact) mass is 219 g/mol. The Kier molecular flexibility index (Phi) is 8.47. The molecule has 2 unspecified atom stereocenters. The summed E-state index contributed by atoms with van der Waals surface area (Å²) < 4.78 is 11.2. The van der Waals surface area contributed by atoms with E-state index in [1.165, 1.54) is 0 Å². The molecule has 0 aromatic heterocycles. The molecule has 0 aliphatic rings. The summed E-state index contributed by atoms with van der Waals surface area (Å²) in [6.45, 7) is 9.82. The summed E-state index contributed by atoms with van der Waals surface area (Å²) in [6, 6.07) is 1.35. The highest BCUT2D eigenvalue weighted by atomic mass is 28.3. The van der Waals surface area contributed by atoms with Gasteiger partial charge >= 0.3 is 9.28 Å². The number of rotatable bonds is 8. The van der Waals surface area contributed by atoms with E-state index in [0.717, 1.165) is 25.7 Å². The van der Waals surface area contributed by atoms with Gasteiger partial charge in [0.25, 0.3) is 0 Å². The van der Waals surface area contributed by atoms with Crippen molar-refractivity contribution in [2.75, 3.05) is 13.2 Å². The van der Waals surface area contributed by atoms with Gasteiger partial charge in [-0.25, -0.2) is 0 Å². The zero-order valence-corrected chi connectivity index (χ0v) is 11.1. The average molecular weight is 219 g/mol. The molecule has 86 valence electrons. The molecular weight excluding hydrogens is 194 g/mol. The summed E-state index contributed by atoms with van der Waals surface area (Å²) in [5.41, 5.74) is 5.80. The van der Waals surface area contributed by atoms with Crippen molar-refractivity contribution in [2.24, 2.45) is 11.7 Å². The highest BCUT2D eigenvalue weighted by molar-refractivity contribution is 6.44. The van der Waals surface area contributed by atoms with Crippen molar-refractivity contribution in [2.45, 2.75) is 46.2 Å². The Labute approximate surface area is 89.8 Å². The van der Waals surface area contributed by atoms with Crippen LogP contribution in [0.3, 0.4) is 0 Å². The second-order valence-electron chi connectivity index (χ2n) is 3.75. The molecule has 3 nitrogen and oxygen atoms in total. The molecule has 0 rings (SSSR count). The van der Waals surface area contributed by atoms with Crippen molar-refractivity contribution in [1.29, 1.82) is 0 Å². The minimum Gasteiger partial charge on any atom is -0.397 e. The van der Waals surface area contributed by atoms with Gasteiger partial charge in [0, 0.05) is 19.3 Å². The molecule has 0 radical (unpaired) electrons. The Morgan fingerprint density at radius 1 is 1.14 bits per heavy atom. The summed E-state index contributed by atoms with van der Waals surface area (Å²) >= 11 is 0. The molecule has 0 spiro atoms. The van der Waals surface area contributed by atoms with Crippen LogP contribution in [-0.4, -0.2) is 28.5 Å². The molecule has 14 heavy (non-hydrogen) atoms. The van der Waals surface area contributed by atoms with Crippen LogP contribution < -0.4 is 5.73 Å². The van der Waals surface area contributed by atoms with Gasteiger partial charge < -0.3 is 14.6 Å². The predicted octanol–water partition coefficient (Wildman–Crippen LogP) is 1.65. The molecule has 0 aromatic rings. The van der Waals surface area contributed by atoms with Crippen LogP contribution in [0.2, 0.25) is 6.04 Å². The van der Waals surface area contributed by atoms with Crippen molar-refractivity contribution in [3.63, 3.8) is 0 Å². The molecule has 0 saturated carbocycles. The topological polar surface area (TPSA) is 44.5 Å². The Hall–Kier alpha value is 0.0969. The van der Waals surface area contributed by atoms with Crippen molar-refractivity contribution in [3.8, 4) is 0 Å². The van der Waals surface area contributed by atoms with E-state index in [9.17, 15) is 0 Å². The van der Waals surface area contributed by atoms with Gasteiger partial charge in [-0.1, -0.05) is 6.92 Å². The molecule has 0 heterocycles. The van der Waals surface area contributed by atoms with Crippen molar-refractivity contribution in [3.05, 3.63) is 0 Å². The third-order valence-corrected chi connectivity index (χ3v) is 4.68. The fraction of sp³-hybridized carbons (Fsp3) is 1.00. The summed E-state index contributed by atoms with van der Waals surface area (Å²) in [7, 11) is -1.39. The van der Waals surface area contributed by atoms with Gasteiger partial charge in [-0.2, -0.15) is 0 Å². The van der Waals surface area contributed by atoms with Crippen LogP contribution in [0.25, 0.3) is 0 Å². The van der Waals surface area contributed by atoms with Gasteiger partial charge in [0.1, 0.15) is 0 Å². The van der Waals surface area contributed by atoms with Crippen LogP contribution in [0.4, 0.5) is 0 Å². The Morgan fingerprint density at radius 2 is 1.64 bits per heavy atom. The maximum absolute atomic E-state index is 5.80. The highest BCUT2D eigenvalue weighted by Crippen LogP contribution is 2.12. The van der Waals surface area contributed by atoms with E-state index in [0.29, 0.717) is 5.92 Å². The highest BCUT2D eigenvalue weighted by Gasteiger charge is 2.15. The average Bonchev–Trinajstić information content (AvgIpc) is 2.14. The van der Waals surface area contributed by atoms with E-state index < -0.39 is 9.28 Å². The number of nitrogens with two attached hydrogens (primary N) is 1. The summed E-state index contributed by atoms with van der Waals surface area (Å²) in [5, 5.41) is 0. The Balaban J connectivity index is 3.68. The lowest BCUT2D eigenvalue weighted by molar-refractivity contribution is 0.210. The normalized spacial score (nSPS) is 15.9. The third-order valence-electron chi connectivity index (χ3n) is 2.46. The van der Waals surface area contributed by atoms with Crippen molar-refractivity contribution >= 4 is 9.28 Å². The van der Waals surface area contributed by atoms with Crippen LogP contribution in [0.1, 0.15) is 34.1 Å². The molecule has 0 aliphatic carbocycles. The summed E-state index contributed by atoms with van der Waals surface area (Å²) in [6.07, 6.45) is 1.12. The minimum atomic E-state index is -1.39. The maximum Gasteiger partial charge on any atom is 0.321 e. The van der Waals surface area contributed by atoms with Gasteiger partial charge in [-0.3, -0.25) is 0 Å². The van der Waals surface area contributed by atoms with Crippen LogP contribution >= 0.6 is 0 Å². The van der Waals surface area contributed by atoms with E-state index in [1.807, 2.05) is 13.8 Å². The maximum atomic E-state index is 5.80. The standard InChI is InChI=1S/C10H25NO2Si/c1-5-12-14(13-6-2)8-7-9(3)10(4)11/h9-10,14H,5-8,11H2,1-4H3. The number of hydrogen-bond donors (Lipinski definition) is 1. The fourth-order valence-corrected chi connectivity index (χ4v) is 3.22. The minimum absolute atomic E-state index is 0.271. The van der Waals surface area contributed by atoms with E-state index >= 15 is 0 Å². The Bertz CT molecular complexity index is 127. The van der Waals surface area contributed by atoms with Gasteiger partial charge in [0.2, 0.25) is 0 Å². The zero-order valence-electron chi connectivity index (χ0n) is 9.95. The third kappa shape index (κ3) is 6.54. The lowest BCUT2D eigenvalue weighted by Gasteiger charge is -2.19. The van der Waals surface area contributed by atoms with Crippen molar-refractivity contribution < 1.29 is 8.85 Å². The van der Waals surface area contributed by atoms with Crippen LogP contribution in [0.15, 0.2) is 0 Å². The number of hydrogen-bond acceptors (Lipinski definition) is 3. The molecule has 0 amide bonds. The first-order valence-electron chi connectivity index (χ1n) is 5.60. The van der Waals surface area contributed by atoms with E-state index in [4.69, 9.17) is 14.6 Å². The first-order valence-corrected chi connectivity index (χ1v) is 7.36. The quantitative estimate of drug-likeness (QED) is 0.631. The Morgan fingerprint density at radius 3 is 2.00 bits per heavy atom. The van der Waals surface area contributed by atoms with Gasteiger partial charge in [0.05, 0.1) is 0 Å². The molecule has 2 atom stereocenters. The predicted molar refractivity (Wildman–Crippen MR) is 62.6 cm³/mol. The van der Waals surface area contributed by atoms with Crippen LogP contribution in [-0.2, 0) is 8.85 Å². The molecule has 4 heteroatoms. The lowest BCUT2D eigenvalue weighted by Crippen LogP contribution is -2.28. The first-order chi connectivity index (χ1) is 6.61. The SMILES string of the molecule is CCO[SiH](CCC(C)C(C)N)OCC. The molecule has 0 bridgehead atoms.